The molecule has 0 spiro atoms. The van der Waals surface area contributed by atoms with Crippen molar-refractivity contribution in [2.75, 3.05) is 12.4 Å². The quantitative estimate of drug-likeness (QED) is 0.904. The standard InChI is InChI=1S/C14H12N4O3/c1-21-11-4-2-10(3-5-11)16-14(20)12-6-7-13(19)18(17-12)9-8-15/h2-7H,9H2,1H3,(H,16,20). The van der Waals surface area contributed by atoms with E-state index >= 15 is 0 Å². The second kappa shape index (κ2) is 6.34. The summed E-state index contributed by atoms with van der Waals surface area (Å²) in [5.74, 6) is 0.209. The minimum absolute atomic E-state index is 0.0562. The van der Waals surface area contributed by atoms with Crippen LogP contribution in [0.2, 0.25) is 0 Å². The summed E-state index contributed by atoms with van der Waals surface area (Å²) in [6.45, 7) is -0.206. The van der Waals surface area contributed by atoms with Gasteiger partial charge in [0.25, 0.3) is 11.5 Å². The molecule has 1 aromatic carbocycles. The molecule has 2 aromatic rings. The van der Waals surface area contributed by atoms with Crippen molar-refractivity contribution < 1.29 is 9.53 Å². The number of nitrogens with one attached hydrogen (secondary N) is 1. The number of carbonyl (C=O) groups is 1. The lowest BCUT2D eigenvalue weighted by Crippen LogP contribution is -2.25. The van der Waals surface area contributed by atoms with Crippen molar-refractivity contribution in [3.8, 4) is 11.8 Å². The van der Waals surface area contributed by atoms with Crippen LogP contribution in [0.1, 0.15) is 10.5 Å². The van der Waals surface area contributed by atoms with E-state index in [1.807, 2.05) is 6.07 Å². The molecule has 7 heteroatoms. The molecule has 0 bridgehead atoms. The summed E-state index contributed by atoms with van der Waals surface area (Å²) >= 11 is 0. The fraction of sp³-hybridized carbons (Fsp3) is 0.143. The summed E-state index contributed by atoms with van der Waals surface area (Å²) in [5, 5.41) is 15.1. The molecule has 0 saturated heterocycles. The molecule has 106 valence electrons. The summed E-state index contributed by atoms with van der Waals surface area (Å²) in [6.07, 6.45) is 0. The maximum absolute atomic E-state index is 12.0. The molecule has 1 heterocycles. The number of nitrogens with zero attached hydrogens (tertiary/aromatic N) is 3. The first-order chi connectivity index (χ1) is 10.1. The highest BCUT2D eigenvalue weighted by atomic mass is 16.5. The largest absolute Gasteiger partial charge is 0.497 e. The van der Waals surface area contributed by atoms with Gasteiger partial charge >= 0.3 is 0 Å². The van der Waals surface area contributed by atoms with Crippen molar-refractivity contribution in [3.05, 3.63) is 52.4 Å². The van der Waals surface area contributed by atoms with Gasteiger partial charge < -0.3 is 10.1 Å². The highest BCUT2D eigenvalue weighted by Crippen LogP contribution is 2.15. The van der Waals surface area contributed by atoms with E-state index < -0.39 is 11.5 Å². The zero-order valence-electron chi connectivity index (χ0n) is 11.2. The molecule has 1 aromatic heterocycles. The third-order valence-electron chi connectivity index (χ3n) is 2.67. The fourth-order valence-electron chi connectivity index (χ4n) is 1.62. The highest BCUT2D eigenvalue weighted by Gasteiger charge is 2.10. The lowest BCUT2D eigenvalue weighted by Gasteiger charge is -2.06. The summed E-state index contributed by atoms with van der Waals surface area (Å²) in [7, 11) is 1.55. The number of rotatable bonds is 4. The molecule has 0 aliphatic rings. The summed E-state index contributed by atoms with van der Waals surface area (Å²) < 4.78 is 5.95. The van der Waals surface area contributed by atoms with E-state index in [0.29, 0.717) is 11.4 Å². The molecule has 0 fully saturated rings. The van der Waals surface area contributed by atoms with Crippen LogP contribution in [0.5, 0.6) is 5.75 Å². The highest BCUT2D eigenvalue weighted by molar-refractivity contribution is 6.02. The molecule has 7 nitrogen and oxygen atoms in total. The van der Waals surface area contributed by atoms with E-state index in [0.717, 1.165) is 4.68 Å². The van der Waals surface area contributed by atoms with Gasteiger partial charge in [0.1, 0.15) is 18.0 Å². The Morgan fingerprint density at radius 1 is 1.33 bits per heavy atom. The third kappa shape index (κ3) is 3.45. The Morgan fingerprint density at radius 3 is 2.67 bits per heavy atom. The van der Waals surface area contributed by atoms with Crippen LogP contribution in [-0.2, 0) is 6.54 Å². The van der Waals surface area contributed by atoms with Gasteiger partial charge in [0.05, 0.1) is 13.2 Å². The maximum atomic E-state index is 12.0. The van der Waals surface area contributed by atoms with Crippen LogP contribution in [0.3, 0.4) is 0 Å². The number of anilines is 1. The first-order valence-electron chi connectivity index (χ1n) is 6.04. The molecule has 0 aliphatic heterocycles. The number of hydrogen-bond donors (Lipinski definition) is 1. The van der Waals surface area contributed by atoms with Crippen LogP contribution in [0.15, 0.2) is 41.2 Å². The number of hydrogen-bond acceptors (Lipinski definition) is 5. The number of carbonyl (C=O) groups excluding carboxylic acids is 1. The zero-order valence-corrected chi connectivity index (χ0v) is 11.2. The van der Waals surface area contributed by atoms with Crippen LogP contribution in [0.25, 0.3) is 0 Å². The Hall–Kier alpha value is -3.14. The molecule has 0 saturated carbocycles. The van der Waals surface area contributed by atoms with Gasteiger partial charge in [0.2, 0.25) is 0 Å². The van der Waals surface area contributed by atoms with E-state index in [2.05, 4.69) is 10.4 Å². The van der Waals surface area contributed by atoms with E-state index in [1.54, 1.807) is 31.4 Å². The van der Waals surface area contributed by atoms with Gasteiger partial charge in [-0.15, -0.1) is 0 Å². The first-order valence-corrected chi connectivity index (χ1v) is 6.04. The summed E-state index contributed by atoms with van der Waals surface area (Å²) in [5.41, 5.74) is 0.193. The minimum Gasteiger partial charge on any atom is -0.497 e. The summed E-state index contributed by atoms with van der Waals surface area (Å²) in [4.78, 5) is 23.4. The van der Waals surface area contributed by atoms with Gasteiger partial charge in [-0.2, -0.15) is 10.4 Å². The van der Waals surface area contributed by atoms with Crippen molar-refractivity contribution in [2.45, 2.75) is 6.54 Å². The Kier molecular flexibility index (Phi) is 4.31. The van der Waals surface area contributed by atoms with E-state index in [4.69, 9.17) is 10.00 Å². The SMILES string of the molecule is COc1ccc(NC(=O)c2ccc(=O)n(CC#N)n2)cc1. The zero-order chi connectivity index (χ0) is 15.2. The van der Waals surface area contributed by atoms with Crippen LogP contribution < -0.4 is 15.6 Å². The van der Waals surface area contributed by atoms with Crippen molar-refractivity contribution in [1.82, 2.24) is 9.78 Å². The number of benzene rings is 1. The molecule has 2 rings (SSSR count). The lowest BCUT2D eigenvalue weighted by atomic mass is 10.3. The molecule has 1 amide bonds. The molecule has 0 unspecified atom stereocenters. The molecule has 0 aliphatic carbocycles. The third-order valence-corrected chi connectivity index (χ3v) is 2.67. The molecule has 21 heavy (non-hydrogen) atoms. The molecule has 0 radical (unpaired) electrons. The lowest BCUT2D eigenvalue weighted by molar-refractivity contribution is 0.102. The van der Waals surface area contributed by atoms with Gasteiger partial charge in [0.15, 0.2) is 0 Å². The van der Waals surface area contributed by atoms with Gasteiger partial charge in [0, 0.05) is 11.8 Å². The van der Waals surface area contributed by atoms with Crippen molar-refractivity contribution in [1.29, 1.82) is 5.26 Å². The van der Waals surface area contributed by atoms with Crippen molar-refractivity contribution >= 4 is 11.6 Å². The monoisotopic (exact) mass is 284 g/mol. The predicted molar refractivity (Wildman–Crippen MR) is 75.1 cm³/mol. The van der Waals surface area contributed by atoms with Gasteiger partial charge in [-0.3, -0.25) is 9.59 Å². The Morgan fingerprint density at radius 2 is 2.05 bits per heavy atom. The van der Waals surface area contributed by atoms with E-state index in [1.165, 1.54) is 12.1 Å². The fourth-order valence-corrected chi connectivity index (χ4v) is 1.62. The van der Waals surface area contributed by atoms with Crippen LogP contribution in [-0.4, -0.2) is 22.8 Å². The normalized spacial score (nSPS) is 9.71. The van der Waals surface area contributed by atoms with E-state index in [9.17, 15) is 9.59 Å². The Labute approximate surface area is 120 Å². The first kappa shape index (κ1) is 14.3. The number of amides is 1. The van der Waals surface area contributed by atoms with E-state index in [-0.39, 0.29) is 12.2 Å². The second-order valence-corrected chi connectivity index (χ2v) is 4.06. The molecular formula is C14H12N4O3. The van der Waals surface area contributed by atoms with Crippen molar-refractivity contribution in [2.24, 2.45) is 0 Å². The van der Waals surface area contributed by atoms with Crippen LogP contribution >= 0.6 is 0 Å². The minimum atomic E-state index is -0.466. The Bertz CT molecular complexity index is 744. The van der Waals surface area contributed by atoms with Gasteiger partial charge in [-0.1, -0.05) is 0 Å². The number of nitriles is 1. The van der Waals surface area contributed by atoms with Crippen molar-refractivity contribution in [3.63, 3.8) is 0 Å². The topological polar surface area (TPSA) is 97.0 Å². The summed E-state index contributed by atoms with van der Waals surface area (Å²) in [6, 6.07) is 11.1. The Balaban J connectivity index is 2.18. The average Bonchev–Trinajstić information content (AvgIpc) is 2.50. The number of ether oxygens (including phenoxy) is 1. The van der Waals surface area contributed by atoms with Crippen LogP contribution in [0.4, 0.5) is 5.69 Å². The van der Waals surface area contributed by atoms with Gasteiger partial charge in [-0.25, -0.2) is 4.68 Å². The van der Waals surface area contributed by atoms with Crippen LogP contribution in [0, 0.1) is 11.3 Å². The average molecular weight is 284 g/mol. The molecular weight excluding hydrogens is 272 g/mol. The maximum Gasteiger partial charge on any atom is 0.276 e. The number of aromatic nitrogens is 2. The predicted octanol–water partition coefficient (Wildman–Crippen LogP) is 1.03. The van der Waals surface area contributed by atoms with Gasteiger partial charge in [-0.05, 0) is 30.3 Å². The number of methoxy groups -OCH3 is 1. The molecule has 0 atom stereocenters. The second-order valence-electron chi connectivity index (χ2n) is 4.06. The molecule has 1 N–H and O–H groups in total. The smallest absolute Gasteiger partial charge is 0.276 e.